The van der Waals surface area contributed by atoms with Crippen LogP contribution in [0.5, 0.6) is 0 Å². The first-order valence-corrected chi connectivity index (χ1v) is 7.43. The van der Waals surface area contributed by atoms with E-state index in [1.807, 2.05) is 31.2 Å². The van der Waals surface area contributed by atoms with Crippen molar-refractivity contribution in [3.8, 4) is 0 Å². The van der Waals surface area contributed by atoms with E-state index in [1.54, 1.807) is 0 Å². The number of amides is 1. The van der Waals surface area contributed by atoms with Crippen LogP contribution < -0.4 is 10.6 Å². The molecule has 0 saturated carbocycles. The number of rotatable bonds is 6. The van der Waals surface area contributed by atoms with Crippen molar-refractivity contribution in [3.05, 3.63) is 65.2 Å². The van der Waals surface area contributed by atoms with Gasteiger partial charge in [0.1, 0.15) is 0 Å². The number of hydrogen-bond acceptors (Lipinski definition) is 2. The van der Waals surface area contributed by atoms with Crippen molar-refractivity contribution in [2.75, 3.05) is 11.9 Å². The third kappa shape index (κ3) is 4.35. The summed E-state index contributed by atoms with van der Waals surface area (Å²) in [6.45, 7) is 5.50. The highest BCUT2D eigenvalue weighted by Crippen LogP contribution is 2.12. The van der Waals surface area contributed by atoms with Crippen LogP contribution in [0.25, 0.3) is 0 Å². The molecule has 0 fully saturated rings. The zero-order valence-corrected chi connectivity index (χ0v) is 12.6. The van der Waals surface area contributed by atoms with Gasteiger partial charge in [0.2, 0.25) is 0 Å². The molecule has 2 N–H and O–H groups in total. The fourth-order valence-corrected chi connectivity index (χ4v) is 2.10. The number of nitrogens with one attached hydrogen (secondary N) is 2. The third-order valence-electron chi connectivity index (χ3n) is 3.41. The summed E-state index contributed by atoms with van der Waals surface area (Å²) in [6.07, 6.45) is 1.06. The molecule has 0 radical (unpaired) electrons. The molecule has 21 heavy (non-hydrogen) atoms. The summed E-state index contributed by atoms with van der Waals surface area (Å²) in [5, 5.41) is 6.16. The van der Waals surface area contributed by atoms with Gasteiger partial charge in [-0.3, -0.25) is 4.79 Å². The van der Waals surface area contributed by atoms with Crippen molar-refractivity contribution in [2.24, 2.45) is 0 Å². The Morgan fingerprint density at radius 1 is 0.905 bits per heavy atom. The minimum absolute atomic E-state index is 0.0285. The van der Waals surface area contributed by atoms with Gasteiger partial charge in [0, 0.05) is 24.3 Å². The topological polar surface area (TPSA) is 41.1 Å². The first-order valence-electron chi connectivity index (χ1n) is 7.43. The molecule has 0 aliphatic carbocycles. The number of anilines is 1. The summed E-state index contributed by atoms with van der Waals surface area (Å²) < 4.78 is 0. The molecule has 0 heterocycles. The Kier molecular flexibility index (Phi) is 5.38. The summed E-state index contributed by atoms with van der Waals surface area (Å²) >= 11 is 0. The molecule has 2 aromatic carbocycles. The fraction of sp³-hybridized carbons (Fsp3) is 0.278. The Balaban J connectivity index is 1.92. The fourth-order valence-electron chi connectivity index (χ4n) is 2.10. The second kappa shape index (κ2) is 7.48. The average Bonchev–Trinajstić information content (AvgIpc) is 2.54. The monoisotopic (exact) mass is 282 g/mol. The number of hydrogen-bond donors (Lipinski definition) is 2. The second-order valence-corrected chi connectivity index (χ2v) is 4.96. The Labute approximate surface area is 126 Å². The predicted octanol–water partition coefficient (Wildman–Crippen LogP) is 3.61. The van der Waals surface area contributed by atoms with E-state index in [9.17, 15) is 4.79 Å². The molecule has 0 spiro atoms. The van der Waals surface area contributed by atoms with E-state index in [2.05, 4.69) is 41.8 Å². The molecule has 0 bridgehead atoms. The number of carbonyl (C=O) groups excluding carboxylic acids is 1. The van der Waals surface area contributed by atoms with Crippen LogP contribution in [0.15, 0.2) is 48.5 Å². The second-order valence-electron chi connectivity index (χ2n) is 4.96. The van der Waals surface area contributed by atoms with Gasteiger partial charge in [-0.15, -0.1) is 0 Å². The maximum absolute atomic E-state index is 11.7. The van der Waals surface area contributed by atoms with E-state index in [4.69, 9.17) is 0 Å². The minimum Gasteiger partial charge on any atom is -0.381 e. The van der Waals surface area contributed by atoms with Gasteiger partial charge in [0.05, 0.1) is 0 Å². The lowest BCUT2D eigenvalue weighted by molar-refractivity contribution is 0.0956. The van der Waals surface area contributed by atoms with Crippen LogP contribution in [0.1, 0.15) is 35.3 Å². The molecule has 3 nitrogen and oxygen atoms in total. The Morgan fingerprint density at radius 3 is 2.10 bits per heavy atom. The zero-order valence-electron chi connectivity index (χ0n) is 12.6. The molecule has 2 rings (SSSR count). The molecule has 110 valence electrons. The SMILES string of the molecule is CCNC(=O)c1ccc(NCc2ccc(CC)cc2)cc1. The zero-order chi connectivity index (χ0) is 15.1. The number of benzene rings is 2. The quantitative estimate of drug-likeness (QED) is 0.849. The maximum atomic E-state index is 11.7. The van der Waals surface area contributed by atoms with Crippen molar-refractivity contribution < 1.29 is 4.79 Å². The molecule has 0 aliphatic rings. The van der Waals surface area contributed by atoms with E-state index in [0.717, 1.165) is 18.7 Å². The normalized spacial score (nSPS) is 10.2. The van der Waals surface area contributed by atoms with Crippen LogP contribution in [-0.4, -0.2) is 12.5 Å². The molecular formula is C18H22N2O. The van der Waals surface area contributed by atoms with E-state index in [-0.39, 0.29) is 5.91 Å². The van der Waals surface area contributed by atoms with Gasteiger partial charge in [-0.05, 0) is 48.7 Å². The van der Waals surface area contributed by atoms with E-state index in [1.165, 1.54) is 11.1 Å². The standard InChI is InChI=1S/C18H22N2O/c1-3-14-5-7-15(8-6-14)13-20-17-11-9-16(10-12-17)18(21)19-4-2/h5-12,20H,3-4,13H2,1-2H3,(H,19,21). The molecule has 0 atom stereocenters. The van der Waals surface area contributed by atoms with Crippen LogP contribution in [0, 0.1) is 0 Å². The van der Waals surface area contributed by atoms with Crippen molar-refractivity contribution in [1.29, 1.82) is 0 Å². The van der Waals surface area contributed by atoms with Gasteiger partial charge in [0.15, 0.2) is 0 Å². The highest BCUT2D eigenvalue weighted by Gasteiger charge is 2.03. The third-order valence-corrected chi connectivity index (χ3v) is 3.41. The lowest BCUT2D eigenvalue weighted by Crippen LogP contribution is -2.22. The van der Waals surface area contributed by atoms with E-state index < -0.39 is 0 Å². The molecule has 1 amide bonds. The minimum atomic E-state index is -0.0285. The van der Waals surface area contributed by atoms with Gasteiger partial charge in [-0.25, -0.2) is 0 Å². The van der Waals surface area contributed by atoms with Crippen molar-refractivity contribution in [1.82, 2.24) is 5.32 Å². The number of aryl methyl sites for hydroxylation is 1. The Morgan fingerprint density at radius 2 is 1.52 bits per heavy atom. The van der Waals surface area contributed by atoms with Gasteiger partial charge in [-0.1, -0.05) is 31.2 Å². The van der Waals surface area contributed by atoms with Gasteiger partial charge >= 0.3 is 0 Å². The summed E-state index contributed by atoms with van der Waals surface area (Å²) in [6, 6.07) is 16.2. The summed E-state index contributed by atoms with van der Waals surface area (Å²) in [4.78, 5) is 11.7. The van der Waals surface area contributed by atoms with Gasteiger partial charge in [-0.2, -0.15) is 0 Å². The van der Waals surface area contributed by atoms with Crippen LogP contribution in [0.3, 0.4) is 0 Å². The molecule has 3 heteroatoms. The summed E-state index contributed by atoms with van der Waals surface area (Å²) in [5.41, 5.74) is 4.31. The van der Waals surface area contributed by atoms with Gasteiger partial charge in [0.25, 0.3) is 5.91 Å². The van der Waals surface area contributed by atoms with Crippen molar-refractivity contribution in [2.45, 2.75) is 26.8 Å². The molecular weight excluding hydrogens is 260 g/mol. The lowest BCUT2D eigenvalue weighted by atomic mass is 10.1. The molecule has 0 aliphatic heterocycles. The van der Waals surface area contributed by atoms with Crippen LogP contribution in [-0.2, 0) is 13.0 Å². The average molecular weight is 282 g/mol. The number of carbonyl (C=O) groups is 1. The van der Waals surface area contributed by atoms with Crippen molar-refractivity contribution in [3.63, 3.8) is 0 Å². The van der Waals surface area contributed by atoms with E-state index in [0.29, 0.717) is 12.1 Å². The van der Waals surface area contributed by atoms with Crippen LogP contribution in [0.4, 0.5) is 5.69 Å². The smallest absolute Gasteiger partial charge is 0.251 e. The molecule has 0 saturated heterocycles. The van der Waals surface area contributed by atoms with Crippen LogP contribution >= 0.6 is 0 Å². The summed E-state index contributed by atoms with van der Waals surface area (Å²) in [7, 11) is 0. The molecule has 2 aromatic rings. The molecule has 0 aromatic heterocycles. The van der Waals surface area contributed by atoms with E-state index >= 15 is 0 Å². The summed E-state index contributed by atoms with van der Waals surface area (Å²) in [5.74, 6) is -0.0285. The first-order chi connectivity index (χ1) is 10.2. The maximum Gasteiger partial charge on any atom is 0.251 e. The predicted molar refractivity (Wildman–Crippen MR) is 87.6 cm³/mol. The largest absolute Gasteiger partial charge is 0.381 e. The highest BCUT2D eigenvalue weighted by molar-refractivity contribution is 5.94. The molecule has 0 unspecified atom stereocenters. The van der Waals surface area contributed by atoms with Crippen LogP contribution in [0.2, 0.25) is 0 Å². The highest BCUT2D eigenvalue weighted by atomic mass is 16.1. The van der Waals surface area contributed by atoms with Crippen molar-refractivity contribution >= 4 is 11.6 Å². The Bertz CT molecular complexity index is 573. The van der Waals surface area contributed by atoms with Gasteiger partial charge < -0.3 is 10.6 Å². The first kappa shape index (κ1) is 15.1. The Hall–Kier alpha value is -2.29. The lowest BCUT2D eigenvalue weighted by Gasteiger charge is -2.08.